The molecule has 0 fully saturated rings. The van der Waals surface area contributed by atoms with E-state index in [-0.39, 0.29) is 0 Å². The first-order valence-electron chi connectivity index (χ1n) is 5.45. The van der Waals surface area contributed by atoms with Crippen molar-refractivity contribution in [3.05, 3.63) is 53.1 Å². The maximum Gasteiger partial charge on any atom is 0.115 e. The molecule has 0 aliphatic carbocycles. The average molecular weight is 212 g/mol. The Morgan fingerprint density at radius 1 is 0.750 bits per heavy atom. The third kappa shape index (κ3) is 1.94. The molecule has 0 aromatic heterocycles. The van der Waals surface area contributed by atoms with Crippen LogP contribution < -0.4 is 0 Å². The molecule has 0 aliphatic heterocycles. The average Bonchev–Trinajstić information content (AvgIpc) is 2.22. The zero-order chi connectivity index (χ0) is 11.7. The third-order valence-corrected chi connectivity index (χ3v) is 2.89. The Morgan fingerprint density at radius 2 is 1.50 bits per heavy atom. The summed E-state index contributed by atoms with van der Waals surface area (Å²) in [5.41, 5.74) is 6.07. The van der Waals surface area contributed by atoms with Crippen LogP contribution in [0.5, 0.6) is 5.75 Å². The van der Waals surface area contributed by atoms with E-state index in [1.165, 1.54) is 22.3 Å². The summed E-state index contributed by atoms with van der Waals surface area (Å²) in [4.78, 5) is 0. The zero-order valence-electron chi connectivity index (χ0n) is 9.91. The molecule has 2 rings (SSSR count). The van der Waals surface area contributed by atoms with Crippen LogP contribution in [0.2, 0.25) is 0 Å². The van der Waals surface area contributed by atoms with Crippen LogP contribution in [-0.2, 0) is 0 Å². The van der Waals surface area contributed by atoms with Crippen LogP contribution in [0.1, 0.15) is 16.7 Å². The number of rotatable bonds is 1. The monoisotopic (exact) mass is 212 g/mol. The Morgan fingerprint density at radius 3 is 2.19 bits per heavy atom. The molecule has 1 nitrogen and oxygen atoms in total. The van der Waals surface area contributed by atoms with Crippen molar-refractivity contribution in [2.24, 2.45) is 0 Å². The van der Waals surface area contributed by atoms with Gasteiger partial charge in [-0.25, -0.2) is 0 Å². The molecule has 0 atom stereocenters. The molecule has 0 bridgehead atoms. The second kappa shape index (κ2) is 4.01. The number of hydrogen-bond acceptors (Lipinski definition) is 1. The quantitative estimate of drug-likeness (QED) is 0.758. The van der Waals surface area contributed by atoms with Crippen molar-refractivity contribution >= 4 is 0 Å². The number of phenolic OH excluding ortho intramolecular Hbond substituents is 1. The second-order valence-electron chi connectivity index (χ2n) is 4.32. The lowest BCUT2D eigenvalue weighted by molar-refractivity contribution is 0.475. The Balaban J connectivity index is 2.62. The van der Waals surface area contributed by atoms with Gasteiger partial charge in [-0.3, -0.25) is 0 Å². The number of benzene rings is 2. The number of aryl methyl sites for hydroxylation is 3. The highest BCUT2D eigenvalue weighted by molar-refractivity contribution is 5.71. The van der Waals surface area contributed by atoms with Gasteiger partial charge in [0.15, 0.2) is 0 Å². The Bertz CT molecular complexity index is 527. The number of phenols is 1. The highest BCUT2D eigenvalue weighted by atomic mass is 16.3. The molecule has 0 unspecified atom stereocenters. The predicted octanol–water partition coefficient (Wildman–Crippen LogP) is 3.98. The molecule has 0 amide bonds. The van der Waals surface area contributed by atoms with Crippen molar-refractivity contribution in [2.45, 2.75) is 20.8 Å². The molecule has 1 heteroatoms. The third-order valence-electron chi connectivity index (χ3n) is 2.89. The van der Waals surface area contributed by atoms with Gasteiger partial charge in [0.1, 0.15) is 5.75 Å². The molecule has 2 aromatic rings. The van der Waals surface area contributed by atoms with Crippen LogP contribution in [0.15, 0.2) is 36.4 Å². The SMILES string of the molecule is Cc1ccc(C)c(-c2ccc(O)cc2C)c1. The van der Waals surface area contributed by atoms with Crippen molar-refractivity contribution < 1.29 is 5.11 Å². The van der Waals surface area contributed by atoms with Gasteiger partial charge in [-0.2, -0.15) is 0 Å². The fourth-order valence-corrected chi connectivity index (χ4v) is 1.98. The Kier molecular flexibility index (Phi) is 2.69. The molecule has 0 heterocycles. The summed E-state index contributed by atoms with van der Waals surface area (Å²) in [6.07, 6.45) is 0. The number of aromatic hydroxyl groups is 1. The van der Waals surface area contributed by atoms with Crippen LogP contribution in [0, 0.1) is 20.8 Å². The van der Waals surface area contributed by atoms with E-state index in [4.69, 9.17) is 0 Å². The summed E-state index contributed by atoms with van der Waals surface area (Å²) in [7, 11) is 0. The minimum Gasteiger partial charge on any atom is -0.508 e. The topological polar surface area (TPSA) is 20.2 Å². The summed E-state index contributed by atoms with van der Waals surface area (Å²) in [6.45, 7) is 6.23. The molecule has 0 spiro atoms. The minimum atomic E-state index is 0.326. The molecule has 0 saturated heterocycles. The van der Waals surface area contributed by atoms with E-state index in [1.54, 1.807) is 12.1 Å². The van der Waals surface area contributed by atoms with Crippen molar-refractivity contribution in [1.29, 1.82) is 0 Å². The Hall–Kier alpha value is -1.76. The van der Waals surface area contributed by atoms with Gasteiger partial charge < -0.3 is 5.11 Å². The lowest BCUT2D eigenvalue weighted by Gasteiger charge is -2.10. The molecule has 1 N–H and O–H groups in total. The van der Waals surface area contributed by atoms with E-state index in [0.717, 1.165) is 5.56 Å². The summed E-state index contributed by atoms with van der Waals surface area (Å²) >= 11 is 0. The molecule has 82 valence electrons. The molecule has 0 saturated carbocycles. The van der Waals surface area contributed by atoms with Gasteiger partial charge in [0.2, 0.25) is 0 Å². The molecule has 0 aliphatic rings. The first-order valence-corrected chi connectivity index (χ1v) is 5.45. The van der Waals surface area contributed by atoms with E-state index >= 15 is 0 Å². The van der Waals surface area contributed by atoms with E-state index in [9.17, 15) is 5.11 Å². The van der Waals surface area contributed by atoms with Crippen molar-refractivity contribution in [2.75, 3.05) is 0 Å². The lowest BCUT2D eigenvalue weighted by atomic mass is 9.95. The molecular formula is C15H16O. The normalized spacial score (nSPS) is 10.4. The molecule has 0 radical (unpaired) electrons. The van der Waals surface area contributed by atoms with Crippen LogP contribution >= 0.6 is 0 Å². The van der Waals surface area contributed by atoms with Crippen molar-refractivity contribution in [3.63, 3.8) is 0 Å². The second-order valence-corrected chi connectivity index (χ2v) is 4.32. The van der Waals surface area contributed by atoms with Gasteiger partial charge in [-0.15, -0.1) is 0 Å². The lowest BCUT2D eigenvalue weighted by Crippen LogP contribution is -1.87. The predicted molar refractivity (Wildman–Crippen MR) is 67.8 cm³/mol. The maximum atomic E-state index is 9.41. The summed E-state index contributed by atoms with van der Waals surface area (Å²) in [5, 5.41) is 9.41. The molecular weight excluding hydrogens is 196 g/mol. The minimum absolute atomic E-state index is 0.326. The van der Waals surface area contributed by atoms with E-state index in [2.05, 4.69) is 32.0 Å². The number of hydrogen-bond donors (Lipinski definition) is 1. The van der Waals surface area contributed by atoms with Crippen LogP contribution in [0.3, 0.4) is 0 Å². The largest absolute Gasteiger partial charge is 0.508 e. The highest BCUT2D eigenvalue weighted by Crippen LogP contribution is 2.29. The zero-order valence-corrected chi connectivity index (χ0v) is 9.91. The van der Waals surface area contributed by atoms with Gasteiger partial charge in [-0.1, -0.05) is 29.8 Å². The molecule has 2 aromatic carbocycles. The summed E-state index contributed by atoms with van der Waals surface area (Å²) < 4.78 is 0. The summed E-state index contributed by atoms with van der Waals surface area (Å²) in [5.74, 6) is 0.326. The standard InChI is InChI=1S/C15H16O/c1-10-4-5-11(2)15(8-10)14-7-6-13(16)9-12(14)3/h4-9,16H,1-3H3. The fraction of sp³-hybridized carbons (Fsp3) is 0.200. The van der Waals surface area contributed by atoms with Gasteiger partial charge in [-0.05, 0) is 55.2 Å². The van der Waals surface area contributed by atoms with Gasteiger partial charge in [0.25, 0.3) is 0 Å². The van der Waals surface area contributed by atoms with E-state index in [0.29, 0.717) is 5.75 Å². The van der Waals surface area contributed by atoms with Crippen LogP contribution in [0.25, 0.3) is 11.1 Å². The van der Waals surface area contributed by atoms with E-state index in [1.807, 2.05) is 13.0 Å². The van der Waals surface area contributed by atoms with E-state index < -0.39 is 0 Å². The maximum absolute atomic E-state index is 9.41. The first kappa shape index (κ1) is 10.7. The highest BCUT2D eigenvalue weighted by Gasteiger charge is 2.05. The van der Waals surface area contributed by atoms with Gasteiger partial charge in [0, 0.05) is 0 Å². The van der Waals surface area contributed by atoms with Crippen molar-refractivity contribution in [1.82, 2.24) is 0 Å². The Labute approximate surface area is 96.4 Å². The van der Waals surface area contributed by atoms with Gasteiger partial charge >= 0.3 is 0 Å². The smallest absolute Gasteiger partial charge is 0.115 e. The van der Waals surface area contributed by atoms with Gasteiger partial charge in [0.05, 0.1) is 0 Å². The first-order chi connectivity index (χ1) is 7.58. The van der Waals surface area contributed by atoms with Crippen LogP contribution in [0.4, 0.5) is 0 Å². The summed E-state index contributed by atoms with van der Waals surface area (Å²) in [6, 6.07) is 12.0. The molecule has 16 heavy (non-hydrogen) atoms. The fourth-order valence-electron chi connectivity index (χ4n) is 1.98. The van der Waals surface area contributed by atoms with Crippen LogP contribution in [-0.4, -0.2) is 5.11 Å². The van der Waals surface area contributed by atoms with Crippen molar-refractivity contribution in [3.8, 4) is 16.9 Å².